The number of esters is 1. The normalized spacial score (nSPS) is 16.7. The van der Waals surface area contributed by atoms with Crippen molar-refractivity contribution in [3.63, 3.8) is 0 Å². The number of nitrogens with zero attached hydrogens (tertiary/aromatic N) is 1. The number of hydrogen-bond donors (Lipinski definition) is 2. The Morgan fingerprint density at radius 3 is 2.56 bits per heavy atom. The molecule has 1 rings (SSSR count). The second kappa shape index (κ2) is 18.7. The standard InChI is InChI=1S/C19H37N3O4.HI/c1-3-26-18(23)9-6-4-5-7-11-21-19(20-2)22-12-8-13-24-15-17-10-14-25-16-17;/h17H,3-16H2,1-2H3,(H2,20,21,22);1H. The van der Waals surface area contributed by atoms with Crippen molar-refractivity contribution in [3.8, 4) is 0 Å². The first-order valence-electron chi connectivity index (χ1n) is 10.0. The quantitative estimate of drug-likeness (QED) is 0.126. The highest BCUT2D eigenvalue weighted by Gasteiger charge is 2.15. The zero-order valence-electron chi connectivity index (χ0n) is 17.0. The highest BCUT2D eigenvalue weighted by atomic mass is 127. The van der Waals surface area contributed by atoms with E-state index in [1.165, 1.54) is 0 Å². The van der Waals surface area contributed by atoms with Gasteiger partial charge in [0.05, 0.1) is 19.8 Å². The van der Waals surface area contributed by atoms with Crippen LogP contribution in [-0.4, -0.2) is 65.1 Å². The van der Waals surface area contributed by atoms with Crippen molar-refractivity contribution in [1.29, 1.82) is 0 Å². The summed E-state index contributed by atoms with van der Waals surface area (Å²) in [5.74, 6) is 1.33. The highest BCUT2D eigenvalue weighted by Crippen LogP contribution is 2.12. The average Bonchev–Trinajstić information content (AvgIpc) is 3.15. The molecule has 0 aromatic heterocycles. The summed E-state index contributed by atoms with van der Waals surface area (Å²) < 4.78 is 15.9. The average molecular weight is 499 g/mol. The lowest BCUT2D eigenvalue weighted by Crippen LogP contribution is -2.38. The molecule has 0 amide bonds. The van der Waals surface area contributed by atoms with Crippen LogP contribution in [0.15, 0.2) is 4.99 Å². The first kappa shape index (κ1) is 26.4. The van der Waals surface area contributed by atoms with E-state index in [2.05, 4.69) is 15.6 Å². The number of nitrogens with one attached hydrogen (secondary N) is 2. The van der Waals surface area contributed by atoms with Crippen molar-refractivity contribution in [1.82, 2.24) is 10.6 Å². The number of halogens is 1. The molecule has 0 aliphatic carbocycles. The van der Waals surface area contributed by atoms with Crippen molar-refractivity contribution in [2.45, 2.75) is 51.9 Å². The van der Waals surface area contributed by atoms with Gasteiger partial charge in [-0.2, -0.15) is 0 Å². The van der Waals surface area contributed by atoms with Gasteiger partial charge in [-0.15, -0.1) is 24.0 Å². The Balaban J connectivity index is 0.00000676. The van der Waals surface area contributed by atoms with Crippen LogP contribution in [0.4, 0.5) is 0 Å². The van der Waals surface area contributed by atoms with Crippen LogP contribution in [0.2, 0.25) is 0 Å². The molecule has 0 bridgehead atoms. The lowest BCUT2D eigenvalue weighted by atomic mass is 10.1. The molecular formula is C19H38IN3O4. The summed E-state index contributed by atoms with van der Waals surface area (Å²) in [5.41, 5.74) is 0. The Kier molecular flexibility index (Phi) is 18.3. The lowest BCUT2D eigenvalue weighted by molar-refractivity contribution is -0.143. The molecule has 1 saturated heterocycles. The minimum Gasteiger partial charge on any atom is -0.466 e. The van der Waals surface area contributed by atoms with Gasteiger partial charge in [-0.1, -0.05) is 12.8 Å². The maximum Gasteiger partial charge on any atom is 0.305 e. The molecule has 1 aliphatic rings. The van der Waals surface area contributed by atoms with E-state index in [0.29, 0.717) is 18.9 Å². The highest BCUT2D eigenvalue weighted by molar-refractivity contribution is 14.0. The molecule has 2 N–H and O–H groups in total. The van der Waals surface area contributed by atoms with Gasteiger partial charge in [-0.05, 0) is 32.6 Å². The fourth-order valence-corrected chi connectivity index (χ4v) is 2.75. The third-order valence-corrected chi connectivity index (χ3v) is 4.26. The van der Waals surface area contributed by atoms with Gasteiger partial charge in [0.15, 0.2) is 5.96 Å². The Morgan fingerprint density at radius 1 is 1.15 bits per heavy atom. The summed E-state index contributed by atoms with van der Waals surface area (Å²) in [6.07, 6.45) is 6.73. The van der Waals surface area contributed by atoms with Crippen LogP contribution in [-0.2, 0) is 19.0 Å². The Bertz CT molecular complexity index is 391. The molecule has 1 atom stereocenters. The fourth-order valence-electron chi connectivity index (χ4n) is 2.75. The summed E-state index contributed by atoms with van der Waals surface area (Å²) in [7, 11) is 1.78. The number of rotatable bonds is 14. The van der Waals surface area contributed by atoms with E-state index in [4.69, 9.17) is 14.2 Å². The van der Waals surface area contributed by atoms with Gasteiger partial charge < -0.3 is 24.8 Å². The predicted molar refractivity (Wildman–Crippen MR) is 119 cm³/mol. The molecule has 1 unspecified atom stereocenters. The van der Waals surface area contributed by atoms with Crippen molar-refractivity contribution in [3.05, 3.63) is 0 Å². The first-order chi connectivity index (χ1) is 12.8. The third kappa shape index (κ3) is 15.0. The molecule has 0 saturated carbocycles. The summed E-state index contributed by atoms with van der Waals surface area (Å²) in [4.78, 5) is 15.4. The van der Waals surface area contributed by atoms with Gasteiger partial charge in [0.2, 0.25) is 0 Å². The number of ether oxygens (including phenoxy) is 3. The van der Waals surface area contributed by atoms with Gasteiger partial charge in [0, 0.05) is 45.7 Å². The maximum atomic E-state index is 11.2. The van der Waals surface area contributed by atoms with Crippen molar-refractivity contribution in [2.24, 2.45) is 10.9 Å². The van der Waals surface area contributed by atoms with Gasteiger partial charge in [-0.25, -0.2) is 0 Å². The van der Waals surface area contributed by atoms with E-state index in [0.717, 1.165) is 84.0 Å². The molecule has 27 heavy (non-hydrogen) atoms. The fraction of sp³-hybridized carbons (Fsp3) is 0.895. The largest absolute Gasteiger partial charge is 0.466 e. The molecule has 0 radical (unpaired) electrons. The van der Waals surface area contributed by atoms with Gasteiger partial charge >= 0.3 is 5.97 Å². The van der Waals surface area contributed by atoms with Crippen LogP contribution in [0.25, 0.3) is 0 Å². The van der Waals surface area contributed by atoms with Crippen molar-refractivity contribution in [2.75, 3.05) is 53.2 Å². The molecule has 8 heteroatoms. The Morgan fingerprint density at radius 2 is 1.89 bits per heavy atom. The topological polar surface area (TPSA) is 81.2 Å². The molecule has 160 valence electrons. The molecule has 0 spiro atoms. The zero-order chi connectivity index (χ0) is 18.9. The number of unbranched alkanes of at least 4 members (excludes halogenated alkanes) is 3. The second-order valence-corrected chi connectivity index (χ2v) is 6.55. The Hall–Kier alpha value is -0.610. The van der Waals surface area contributed by atoms with Crippen LogP contribution < -0.4 is 10.6 Å². The van der Waals surface area contributed by atoms with Crippen LogP contribution in [0.3, 0.4) is 0 Å². The zero-order valence-corrected chi connectivity index (χ0v) is 19.3. The van der Waals surface area contributed by atoms with Crippen LogP contribution in [0.5, 0.6) is 0 Å². The van der Waals surface area contributed by atoms with Gasteiger partial charge in [-0.3, -0.25) is 9.79 Å². The van der Waals surface area contributed by atoms with Crippen LogP contribution in [0, 0.1) is 5.92 Å². The van der Waals surface area contributed by atoms with Gasteiger partial charge in [0.25, 0.3) is 0 Å². The van der Waals surface area contributed by atoms with E-state index in [-0.39, 0.29) is 29.9 Å². The summed E-state index contributed by atoms with van der Waals surface area (Å²) in [5, 5.41) is 6.62. The van der Waals surface area contributed by atoms with E-state index in [9.17, 15) is 4.79 Å². The van der Waals surface area contributed by atoms with E-state index in [1.807, 2.05) is 6.92 Å². The number of guanidine groups is 1. The molecule has 0 aromatic rings. The van der Waals surface area contributed by atoms with Crippen molar-refractivity contribution < 1.29 is 19.0 Å². The minimum absolute atomic E-state index is 0. The van der Waals surface area contributed by atoms with Crippen LogP contribution in [0.1, 0.15) is 51.9 Å². The Labute approximate surface area is 181 Å². The van der Waals surface area contributed by atoms with E-state index in [1.54, 1.807) is 7.05 Å². The lowest BCUT2D eigenvalue weighted by Gasteiger charge is -2.12. The first-order valence-corrected chi connectivity index (χ1v) is 10.0. The number of hydrogen-bond acceptors (Lipinski definition) is 5. The molecule has 1 heterocycles. The molecule has 1 fully saturated rings. The second-order valence-electron chi connectivity index (χ2n) is 6.55. The van der Waals surface area contributed by atoms with E-state index < -0.39 is 0 Å². The summed E-state index contributed by atoms with van der Waals surface area (Å²) in [6.45, 7) is 7.34. The number of aliphatic imine (C=N–C) groups is 1. The van der Waals surface area contributed by atoms with Crippen LogP contribution >= 0.6 is 24.0 Å². The SMILES string of the molecule is CCOC(=O)CCCCCCNC(=NC)NCCCOCC1CCOC1.I. The molecule has 1 aliphatic heterocycles. The third-order valence-electron chi connectivity index (χ3n) is 4.26. The summed E-state index contributed by atoms with van der Waals surface area (Å²) in [6, 6.07) is 0. The minimum atomic E-state index is -0.0872. The smallest absolute Gasteiger partial charge is 0.305 e. The molecule has 0 aromatic carbocycles. The van der Waals surface area contributed by atoms with Gasteiger partial charge in [0.1, 0.15) is 0 Å². The monoisotopic (exact) mass is 499 g/mol. The number of carbonyl (C=O) groups is 1. The van der Waals surface area contributed by atoms with E-state index >= 15 is 0 Å². The molecule has 7 nitrogen and oxygen atoms in total. The summed E-state index contributed by atoms with van der Waals surface area (Å²) >= 11 is 0. The van der Waals surface area contributed by atoms with Crippen molar-refractivity contribution >= 4 is 35.9 Å². The molecular weight excluding hydrogens is 461 g/mol. The predicted octanol–water partition coefficient (Wildman–Crippen LogP) is 2.73. The number of carbonyl (C=O) groups excluding carboxylic acids is 1. The maximum absolute atomic E-state index is 11.2.